The molecule has 2 N–H and O–H groups in total. The van der Waals surface area contributed by atoms with Crippen molar-refractivity contribution in [3.8, 4) is 0 Å². The van der Waals surface area contributed by atoms with Crippen LogP contribution in [0.5, 0.6) is 0 Å². The van der Waals surface area contributed by atoms with Crippen LogP contribution < -0.4 is 0 Å². The second-order valence-electron chi connectivity index (χ2n) is 1.40. The molecule has 0 atom stereocenters. The molecular formula is H4BO4P. The van der Waals surface area contributed by atoms with Gasteiger partial charge in [0.05, 0.1) is 0 Å². The molecule has 0 saturated carbocycles. The van der Waals surface area contributed by atoms with E-state index in [4.69, 9.17) is 9.79 Å². The molecule has 0 unspecified atom stereocenters. The van der Waals surface area contributed by atoms with Crippen LogP contribution in [0.25, 0.3) is 0 Å². The molecule has 6 heteroatoms. The third-order valence-corrected chi connectivity index (χ3v) is 1.07. The van der Waals surface area contributed by atoms with Crippen molar-refractivity contribution in [3.05, 3.63) is 0 Å². The topological polar surface area (TPSA) is 65.5 Å². The van der Waals surface area contributed by atoms with Crippen LogP contribution in [0.15, 0.2) is 0 Å². The molecule has 0 radical (unpaired) electrons. The van der Waals surface area contributed by atoms with E-state index in [0.717, 1.165) is 7.57 Å². The zero-order valence-corrected chi connectivity index (χ0v) is 4.05. The summed E-state index contributed by atoms with van der Waals surface area (Å²) in [5.41, 5.74) is 0. The second-order valence-corrected chi connectivity index (χ2v) is 4.21. The van der Waals surface area contributed by atoms with Crippen molar-refractivity contribution >= 4 is 15.0 Å². The van der Waals surface area contributed by atoms with E-state index in [9.17, 15) is 0 Å². The molecule has 0 aliphatic carbocycles. The Balaban J connectivity index is 2.67. The van der Waals surface area contributed by atoms with Crippen molar-refractivity contribution in [2.45, 2.75) is 0 Å². The molecule has 0 bridgehead atoms. The SMILES string of the molecule is BP1(O)(O)OO1. The predicted octanol–water partition coefficient (Wildman–Crippen LogP) is -1.31. The van der Waals surface area contributed by atoms with Crippen LogP contribution in [0.3, 0.4) is 0 Å². The summed E-state index contributed by atoms with van der Waals surface area (Å²) in [5.74, 6) is 0. The van der Waals surface area contributed by atoms with E-state index in [0.29, 0.717) is 0 Å². The first-order valence-electron chi connectivity index (χ1n) is 1.38. The summed E-state index contributed by atoms with van der Waals surface area (Å²) in [7, 11) is -2.68. The Morgan fingerprint density at radius 2 is 1.50 bits per heavy atom. The molecule has 1 heterocycles. The molecule has 0 amide bonds. The molecule has 1 aliphatic rings. The van der Waals surface area contributed by atoms with Crippen LogP contribution >= 0.6 is 7.39 Å². The quantitative estimate of drug-likeness (QED) is 0.176. The number of hydrogen-bond acceptors (Lipinski definition) is 4. The molecule has 1 aliphatic heterocycles. The van der Waals surface area contributed by atoms with Gasteiger partial charge in [-0.1, -0.05) is 0 Å². The van der Waals surface area contributed by atoms with Gasteiger partial charge < -0.3 is 0 Å². The zero-order valence-electron chi connectivity index (χ0n) is 3.16. The van der Waals surface area contributed by atoms with Gasteiger partial charge in [0.25, 0.3) is 0 Å². The van der Waals surface area contributed by atoms with E-state index >= 15 is 0 Å². The van der Waals surface area contributed by atoms with Gasteiger partial charge in [-0.3, -0.25) is 0 Å². The Morgan fingerprint density at radius 3 is 1.50 bits per heavy atom. The Morgan fingerprint density at radius 1 is 1.33 bits per heavy atom. The average molecular weight is 110 g/mol. The Labute approximate surface area is 35.2 Å². The van der Waals surface area contributed by atoms with Crippen molar-refractivity contribution in [1.82, 2.24) is 0 Å². The van der Waals surface area contributed by atoms with Crippen LogP contribution in [0.4, 0.5) is 0 Å². The van der Waals surface area contributed by atoms with E-state index in [-0.39, 0.29) is 0 Å². The summed E-state index contributed by atoms with van der Waals surface area (Å²) in [5, 5.41) is 0. The fraction of sp³-hybridized carbons (Fsp3) is 0. The molecule has 6 heavy (non-hydrogen) atoms. The summed E-state index contributed by atoms with van der Waals surface area (Å²) in [6.45, 7) is 0. The van der Waals surface area contributed by atoms with E-state index in [1.807, 2.05) is 0 Å². The van der Waals surface area contributed by atoms with Gasteiger partial charge in [0, 0.05) is 0 Å². The molecule has 0 spiro atoms. The molecule has 1 saturated heterocycles. The van der Waals surface area contributed by atoms with Crippen molar-refractivity contribution < 1.29 is 19.1 Å². The standard InChI is InChI=1S/BH4O4P/c1-6(2,3)4-5-6/h2-3H,1H2. The summed E-state index contributed by atoms with van der Waals surface area (Å²) < 4.78 is 7.65. The van der Waals surface area contributed by atoms with Crippen LogP contribution in [0, 0.1) is 0 Å². The third-order valence-electron chi connectivity index (χ3n) is 0.357. The van der Waals surface area contributed by atoms with Gasteiger partial charge in [0.2, 0.25) is 0 Å². The first-order chi connectivity index (χ1) is 2.47. The van der Waals surface area contributed by atoms with Gasteiger partial charge in [-0.05, 0) is 0 Å². The molecule has 1 fully saturated rings. The minimum atomic E-state index is -3.80. The maximum atomic E-state index is 8.34. The van der Waals surface area contributed by atoms with Crippen molar-refractivity contribution in [3.63, 3.8) is 0 Å². The van der Waals surface area contributed by atoms with E-state index in [1.165, 1.54) is 0 Å². The first kappa shape index (κ1) is 4.49. The maximum absolute atomic E-state index is 8.34. The van der Waals surface area contributed by atoms with E-state index in [1.54, 1.807) is 0 Å². The van der Waals surface area contributed by atoms with Gasteiger partial charge >= 0.3 is 34.1 Å². The van der Waals surface area contributed by atoms with Crippen molar-refractivity contribution in [2.24, 2.45) is 0 Å². The fourth-order valence-electron chi connectivity index (χ4n) is 0.0631. The molecular weight excluding hydrogens is 106 g/mol. The number of hydrogen-bond donors (Lipinski definition) is 2. The molecule has 1 rings (SSSR count). The Hall–Kier alpha value is 0.335. The normalized spacial score (nSPS) is 42.7. The zero-order chi connectivity index (χ0) is 4.86. The molecule has 0 aromatic heterocycles. The van der Waals surface area contributed by atoms with Crippen LogP contribution in [-0.2, 0) is 9.35 Å². The molecule has 0 aromatic rings. The summed E-state index contributed by atoms with van der Waals surface area (Å²) in [6, 6.07) is 0. The molecule has 0 aromatic carbocycles. The van der Waals surface area contributed by atoms with Gasteiger partial charge in [-0.15, -0.1) is 0 Å². The van der Waals surface area contributed by atoms with E-state index in [2.05, 4.69) is 9.35 Å². The molecule has 36 valence electrons. The Kier molecular flexibility index (Phi) is 0.493. The van der Waals surface area contributed by atoms with E-state index < -0.39 is 7.39 Å². The minimum absolute atomic E-state index is 1.12. The van der Waals surface area contributed by atoms with Gasteiger partial charge in [0.1, 0.15) is 0 Å². The van der Waals surface area contributed by atoms with Crippen molar-refractivity contribution in [2.75, 3.05) is 0 Å². The Bertz CT molecular complexity index is 71.3. The van der Waals surface area contributed by atoms with Crippen molar-refractivity contribution in [1.29, 1.82) is 0 Å². The molecule has 4 nitrogen and oxygen atoms in total. The first-order valence-corrected chi connectivity index (χ1v) is 3.80. The third kappa shape index (κ3) is 0.896. The average Bonchev–Trinajstić information content (AvgIpc) is 1.73. The fourth-order valence-corrected chi connectivity index (χ4v) is 0.568. The van der Waals surface area contributed by atoms with Gasteiger partial charge in [-0.2, -0.15) is 0 Å². The van der Waals surface area contributed by atoms with Crippen LogP contribution in [-0.4, -0.2) is 17.4 Å². The summed E-state index contributed by atoms with van der Waals surface area (Å²) in [6.07, 6.45) is 0. The second kappa shape index (κ2) is 0.659. The van der Waals surface area contributed by atoms with Crippen LogP contribution in [0.2, 0.25) is 0 Å². The van der Waals surface area contributed by atoms with Gasteiger partial charge in [-0.25, -0.2) is 0 Å². The predicted molar refractivity (Wildman–Crippen MR) is 22.1 cm³/mol. The summed E-state index contributed by atoms with van der Waals surface area (Å²) >= 11 is 0. The summed E-state index contributed by atoms with van der Waals surface area (Å²) in [4.78, 5) is 16.7. The van der Waals surface area contributed by atoms with Gasteiger partial charge in [0.15, 0.2) is 0 Å². The number of rotatable bonds is 0. The van der Waals surface area contributed by atoms with Crippen LogP contribution in [0.1, 0.15) is 0 Å². The monoisotopic (exact) mass is 110 g/mol.